The molecule has 0 unspecified atom stereocenters. The summed E-state index contributed by atoms with van der Waals surface area (Å²) < 4.78 is 0. The molecule has 78 valence electrons. The van der Waals surface area contributed by atoms with Crippen molar-refractivity contribution in [2.24, 2.45) is 5.92 Å². The van der Waals surface area contributed by atoms with Crippen LogP contribution in [0.1, 0.15) is 27.2 Å². The highest BCUT2D eigenvalue weighted by Gasteiger charge is 2.33. The Hall–Kier alpha value is -0.0800. The number of likely N-dealkylation sites (tertiary alicyclic amines) is 1. The fourth-order valence-corrected chi connectivity index (χ4v) is 1.74. The van der Waals surface area contributed by atoms with Crippen LogP contribution >= 0.6 is 0 Å². The molecular weight excluding hydrogens is 160 g/mol. The summed E-state index contributed by atoms with van der Waals surface area (Å²) in [4.78, 5) is 4.84. The molecule has 0 radical (unpaired) electrons. The van der Waals surface area contributed by atoms with Crippen molar-refractivity contribution < 1.29 is 0 Å². The summed E-state index contributed by atoms with van der Waals surface area (Å²) in [6, 6.07) is 0. The van der Waals surface area contributed by atoms with Gasteiger partial charge in [0.2, 0.25) is 0 Å². The van der Waals surface area contributed by atoms with Crippen LogP contribution in [0.25, 0.3) is 0 Å². The van der Waals surface area contributed by atoms with Gasteiger partial charge in [-0.2, -0.15) is 0 Å². The zero-order chi connectivity index (χ0) is 10.1. The van der Waals surface area contributed by atoms with Crippen LogP contribution in [0.15, 0.2) is 0 Å². The first kappa shape index (κ1) is 11.0. The predicted octanol–water partition coefficient (Wildman–Crippen LogP) is 1.67. The molecule has 1 fully saturated rings. The van der Waals surface area contributed by atoms with Gasteiger partial charge in [-0.3, -0.25) is 4.90 Å². The molecule has 1 aliphatic rings. The highest BCUT2D eigenvalue weighted by molar-refractivity contribution is 4.88. The second kappa shape index (κ2) is 3.97. The summed E-state index contributed by atoms with van der Waals surface area (Å²) >= 11 is 0. The third-order valence-corrected chi connectivity index (χ3v) is 2.89. The SMILES string of the molecule is CN(C)CCC1CN(C(C)(C)C)C1. The minimum atomic E-state index is 0.384. The maximum absolute atomic E-state index is 2.56. The number of hydrogen-bond acceptors (Lipinski definition) is 2. The van der Waals surface area contributed by atoms with E-state index in [-0.39, 0.29) is 0 Å². The first-order chi connectivity index (χ1) is 5.89. The molecule has 0 spiro atoms. The van der Waals surface area contributed by atoms with E-state index in [4.69, 9.17) is 0 Å². The van der Waals surface area contributed by atoms with Crippen molar-refractivity contribution in [3.05, 3.63) is 0 Å². The average Bonchev–Trinajstić information content (AvgIpc) is 1.79. The summed E-state index contributed by atoms with van der Waals surface area (Å²) in [6.45, 7) is 10.7. The molecule has 0 aliphatic carbocycles. The van der Waals surface area contributed by atoms with Gasteiger partial charge in [0, 0.05) is 18.6 Å². The van der Waals surface area contributed by atoms with Gasteiger partial charge < -0.3 is 4.90 Å². The van der Waals surface area contributed by atoms with Crippen molar-refractivity contribution in [3.63, 3.8) is 0 Å². The van der Waals surface area contributed by atoms with Crippen LogP contribution in [0.3, 0.4) is 0 Å². The number of hydrogen-bond donors (Lipinski definition) is 0. The second-order valence-corrected chi connectivity index (χ2v) is 5.53. The van der Waals surface area contributed by atoms with E-state index in [1.54, 1.807) is 0 Å². The third kappa shape index (κ3) is 3.28. The molecule has 0 aromatic rings. The van der Waals surface area contributed by atoms with E-state index in [0.717, 1.165) is 5.92 Å². The summed E-state index contributed by atoms with van der Waals surface area (Å²) in [5, 5.41) is 0. The van der Waals surface area contributed by atoms with E-state index < -0.39 is 0 Å². The van der Waals surface area contributed by atoms with Gasteiger partial charge in [0.15, 0.2) is 0 Å². The van der Waals surface area contributed by atoms with Crippen LogP contribution in [0.5, 0.6) is 0 Å². The number of rotatable bonds is 3. The Morgan fingerprint density at radius 1 is 1.23 bits per heavy atom. The molecule has 0 saturated carbocycles. The minimum absolute atomic E-state index is 0.384. The molecule has 0 bridgehead atoms. The summed E-state index contributed by atoms with van der Waals surface area (Å²) in [5.41, 5.74) is 0.384. The molecule has 2 nitrogen and oxygen atoms in total. The standard InChI is InChI=1S/C11H24N2/c1-11(2,3)13-8-10(9-13)6-7-12(4)5/h10H,6-9H2,1-5H3. The maximum atomic E-state index is 2.56. The lowest BCUT2D eigenvalue weighted by Gasteiger charge is -2.48. The minimum Gasteiger partial charge on any atom is -0.309 e. The van der Waals surface area contributed by atoms with E-state index in [9.17, 15) is 0 Å². The average molecular weight is 184 g/mol. The molecular formula is C11H24N2. The molecule has 0 aromatic heterocycles. The Balaban J connectivity index is 2.12. The monoisotopic (exact) mass is 184 g/mol. The van der Waals surface area contributed by atoms with E-state index in [1.165, 1.54) is 26.1 Å². The Bertz CT molecular complexity index is 152. The van der Waals surface area contributed by atoms with E-state index in [1.807, 2.05) is 0 Å². The van der Waals surface area contributed by atoms with Crippen LogP contribution in [0, 0.1) is 5.92 Å². The Morgan fingerprint density at radius 2 is 1.77 bits per heavy atom. The zero-order valence-electron chi connectivity index (χ0n) is 9.80. The summed E-state index contributed by atoms with van der Waals surface area (Å²) in [5.74, 6) is 0.946. The van der Waals surface area contributed by atoms with Gasteiger partial charge in [-0.15, -0.1) is 0 Å². The van der Waals surface area contributed by atoms with Gasteiger partial charge >= 0.3 is 0 Å². The van der Waals surface area contributed by atoms with Crippen LogP contribution in [-0.2, 0) is 0 Å². The van der Waals surface area contributed by atoms with Gasteiger partial charge in [0.25, 0.3) is 0 Å². The third-order valence-electron chi connectivity index (χ3n) is 2.89. The smallest absolute Gasteiger partial charge is 0.0125 e. The molecule has 2 heteroatoms. The summed E-state index contributed by atoms with van der Waals surface area (Å²) in [6.07, 6.45) is 1.36. The zero-order valence-corrected chi connectivity index (χ0v) is 9.80. The molecule has 1 rings (SSSR count). The largest absolute Gasteiger partial charge is 0.309 e. The van der Waals surface area contributed by atoms with Crippen molar-refractivity contribution in [2.75, 3.05) is 33.7 Å². The molecule has 13 heavy (non-hydrogen) atoms. The fourth-order valence-electron chi connectivity index (χ4n) is 1.74. The van der Waals surface area contributed by atoms with E-state index in [0.29, 0.717) is 5.54 Å². The van der Waals surface area contributed by atoms with E-state index in [2.05, 4.69) is 44.7 Å². The predicted molar refractivity (Wildman–Crippen MR) is 58.0 cm³/mol. The Labute approximate surface area is 82.9 Å². The van der Waals surface area contributed by atoms with Crippen molar-refractivity contribution in [1.82, 2.24) is 9.80 Å². The first-order valence-corrected chi connectivity index (χ1v) is 5.29. The molecule has 1 heterocycles. The van der Waals surface area contributed by atoms with Crippen molar-refractivity contribution in [1.29, 1.82) is 0 Å². The van der Waals surface area contributed by atoms with Crippen LogP contribution in [0.4, 0.5) is 0 Å². The van der Waals surface area contributed by atoms with Crippen LogP contribution in [-0.4, -0.2) is 49.1 Å². The van der Waals surface area contributed by atoms with Crippen LogP contribution in [0.2, 0.25) is 0 Å². The molecule has 1 saturated heterocycles. The van der Waals surface area contributed by atoms with Crippen molar-refractivity contribution >= 4 is 0 Å². The first-order valence-electron chi connectivity index (χ1n) is 5.29. The highest BCUT2D eigenvalue weighted by Crippen LogP contribution is 2.27. The van der Waals surface area contributed by atoms with Gasteiger partial charge in [-0.05, 0) is 53.8 Å². The summed E-state index contributed by atoms with van der Waals surface area (Å²) in [7, 11) is 4.31. The van der Waals surface area contributed by atoms with Crippen LogP contribution < -0.4 is 0 Å². The quantitative estimate of drug-likeness (QED) is 0.658. The van der Waals surface area contributed by atoms with Gasteiger partial charge in [-0.1, -0.05) is 0 Å². The normalized spacial score (nSPS) is 20.8. The van der Waals surface area contributed by atoms with E-state index >= 15 is 0 Å². The Kier molecular flexibility index (Phi) is 3.36. The maximum Gasteiger partial charge on any atom is 0.0125 e. The molecule has 0 amide bonds. The number of nitrogens with zero attached hydrogens (tertiary/aromatic N) is 2. The molecule has 0 aromatic carbocycles. The topological polar surface area (TPSA) is 6.48 Å². The molecule has 1 aliphatic heterocycles. The van der Waals surface area contributed by atoms with Gasteiger partial charge in [0.1, 0.15) is 0 Å². The van der Waals surface area contributed by atoms with Gasteiger partial charge in [0.05, 0.1) is 0 Å². The van der Waals surface area contributed by atoms with Crippen molar-refractivity contribution in [2.45, 2.75) is 32.7 Å². The lowest BCUT2D eigenvalue weighted by Crippen LogP contribution is -2.56. The lowest BCUT2D eigenvalue weighted by molar-refractivity contribution is 0.00812. The highest BCUT2D eigenvalue weighted by atomic mass is 15.2. The lowest BCUT2D eigenvalue weighted by atomic mass is 9.90. The fraction of sp³-hybridized carbons (Fsp3) is 1.00. The molecule has 0 N–H and O–H groups in total. The second-order valence-electron chi connectivity index (χ2n) is 5.53. The Morgan fingerprint density at radius 3 is 2.15 bits per heavy atom. The van der Waals surface area contributed by atoms with Gasteiger partial charge in [-0.25, -0.2) is 0 Å². The molecule has 0 atom stereocenters. The van der Waals surface area contributed by atoms with Crippen molar-refractivity contribution in [3.8, 4) is 0 Å².